The predicted octanol–water partition coefficient (Wildman–Crippen LogP) is 2.96. The van der Waals surface area contributed by atoms with Crippen LogP contribution in [0.25, 0.3) is 6.08 Å². The predicted molar refractivity (Wildman–Crippen MR) is 135 cm³/mol. The standard InChI is InChI=1S/C27H32N4O4/c1-17-16-30(27(34)25-28-11-10-20(15-29-25)19-6-4-3-5-7-19)12-13-31(17)26(33)24-18(2)35-23-9-8-21(32)14-22(23)24/h4,6-9,15,17,20-21,32H,3,5,10-14,16H2,1-2H3. The Bertz CT molecular complexity index is 1170. The zero-order valence-electron chi connectivity index (χ0n) is 20.3. The van der Waals surface area contributed by atoms with Crippen LogP contribution in [0.3, 0.4) is 0 Å². The summed E-state index contributed by atoms with van der Waals surface area (Å²) in [6, 6.07) is -0.171. The maximum absolute atomic E-state index is 13.5. The van der Waals surface area contributed by atoms with Gasteiger partial charge in [0, 0.05) is 56.3 Å². The van der Waals surface area contributed by atoms with Crippen molar-refractivity contribution in [2.45, 2.75) is 51.7 Å². The van der Waals surface area contributed by atoms with E-state index in [2.05, 4.69) is 28.2 Å². The largest absolute Gasteiger partial charge is 0.461 e. The van der Waals surface area contributed by atoms with E-state index in [9.17, 15) is 14.7 Å². The van der Waals surface area contributed by atoms with Crippen molar-refractivity contribution in [3.63, 3.8) is 0 Å². The summed E-state index contributed by atoms with van der Waals surface area (Å²) < 4.78 is 5.79. The molecule has 2 aliphatic heterocycles. The van der Waals surface area contributed by atoms with Crippen LogP contribution in [-0.2, 0) is 11.2 Å². The number of aliphatic hydroxyl groups excluding tert-OH is 1. The number of amidine groups is 1. The molecule has 8 nitrogen and oxygen atoms in total. The molecule has 1 aromatic rings. The lowest BCUT2D eigenvalue weighted by atomic mass is 9.92. The van der Waals surface area contributed by atoms with E-state index in [0.717, 1.165) is 24.8 Å². The molecule has 0 radical (unpaired) electrons. The highest BCUT2D eigenvalue weighted by atomic mass is 16.3. The molecule has 35 heavy (non-hydrogen) atoms. The fourth-order valence-corrected chi connectivity index (χ4v) is 5.30. The second-order valence-corrected chi connectivity index (χ2v) is 9.67. The molecule has 0 saturated carbocycles. The maximum Gasteiger partial charge on any atom is 0.291 e. The fraction of sp³-hybridized carbons (Fsp3) is 0.481. The van der Waals surface area contributed by atoms with E-state index in [1.807, 2.05) is 13.1 Å². The monoisotopic (exact) mass is 476 g/mol. The molecular formula is C27H32N4O4. The van der Waals surface area contributed by atoms with E-state index in [0.29, 0.717) is 49.7 Å². The number of piperazine rings is 1. The number of fused-ring (bicyclic) bond motifs is 1. The molecule has 3 atom stereocenters. The Morgan fingerprint density at radius 3 is 2.80 bits per heavy atom. The van der Waals surface area contributed by atoms with Crippen molar-refractivity contribution >= 4 is 29.9 Å². The van der Waals surface area contributed by atoms with Gasteiger partial charge in [0.1, 0.15) is 11.5 Å². The smallest absolute Gasteiger partial charge is 0.291 e. The number of aliphatic imine (C=N–C) groups is 2. The van der Waals surface area contributed by atoms with Crippen LogP contribution in [0, 0.1) is 12.8 Å². The van der Waals surface area contributed by atoms with Crippen LogP contribution in [-0.4, -0.2) is 77.1 Å². The Balaban J connectivity index is 1.25. The SMILES string of the molecule is Cc1oc2c(c1C(=O)N1CCN(C(=O)C3=NCCC(C4=CCCC=C4)C=N3)CC1C)CC(O)C=C2. The molecule has 184 valence electrons. The first-order chi connectivity index (χ1) is 16.9. The normalized spacial score (nSPS) is 26.2. The van der Waals surface area contributed by atoms with Crippen molar-refractivity contribution in [3.05, 3.63) is 52.5 Å². The Hall–Kier alpha value is -3.26. The molecule has 1 saturated heterocycles. The Morgan fingerprint density at radius 1 is 1.17 bits per heavy atom. The second-order valence-electron chi connectivity index (χ2n) is 9.67. The molecule has 5 rings (SSSR count). The van der Waals surface area contributed by atoms with Crippen LogP contribution < -0.4 is 0 Å². The van der Waals surface area contributed by atoms with E-state index < -0.39 is 6.10 Å². The Morgan fingerprint density at radius 2 is 2.03 bits per heavy atom. The average Bonchev–Trinajstić information content (AvgIpc) is 3.02. The fourth-order valence-electron chi connectivity index (χ4n) is 5.30. The number of aliphatic hydroxyl groups is 1. The van der Waals surface area contributed by atoms with Gasteiger partial charge in [-0.25, -0.2) is 4.99 Å². The number of rotatable bonds is 3. The molecule has 3 unspecified atom stereocenters. The number of allylic oxidation sites excluding steroid dienone is 4. The summed E-state index contributed by atoms with van der Waals surface area (Å²) in [6.45, 7) is 5.55. The summed E-state index contributed by atoms with van der Waals surface area (Å²) in [5.74, 6) is 1.34. The number of carbonyl (C=O) groups excluding carboxylic acids is 2. The zero-order valence-corrected chi connectivity index (χ0v) is 20.3. The number of hydrogen-bond donors (Lipinski definition) is 1. The van der Waals surface area contributed by atoms with Crippen LogP contribution in [0.15, 0.2) is 44.3 Å². The molecule has 2 aliphatic carbocycles. The summed E-state index contributed by atoms with van der Waals surface area (Å²) in [5.41, 5.74) is 2.54. The van der Waals surface area contributed by atoms with Gasteiger partial charge in [0.15, 0.2) is 0 Å². The van der Waals surface area contributed by atoms with E-state index in [1.165, 1.54) is 5.57 Å². The van der Waals surface area contributed by atoms with Gasteiger partial charge in [-0.05, 0) is 44.8 Å². The third-order valence-corrected chi connectivity index (χ3v) is 7.21. The summed E-state index contributed by atoms with van der Waals surface area (Å²) >= 11 is 0. The van der Waals surface area contributed by atoms with Gasteiger partial charge in [-0.2, -0.15) is 0 Å². The zero-order chi connectivity index (χ0) is 24.5. The number of carbonyl (C=O) groups is 2. The first-order valence-electron chi connectivity index (χ1n) is 12.5. The molecule has 0 spiro atoms. The summed E-state index contributed by atoms with van der Waals surface area (Å²) in [7, 11) is 0. The van der Waals surface area contributed by atoms with Crippen molar-refractivity contribution in [2.24, 2.45) is 15.9 Å². The summed E-state index contributed by atoms with van der Waals surface area (Å²) in [5, 5.41) is 10.0. The van der Waals surface area contributed by atoms with E-state index in [-0.39, 0.29) is 29.6 Å². The van der Waals surface area contributed by atoms with Gasteiger partial charge in [0.05, 0.1) is 11.7 Å². The molecule has 0 bridgehead atoms. The van der Waals surface area contributed by atoms with Crippen LogP contribution in [0.4, 0.5) is 0 Å². The lowest BCUT2D eigenvalue weighted by Crippen LogP contribution is -2.56. The van der Waals surface area contributed by atoms with Gasteiger partial charge in [-0.3, -0.25) is 14.6 Å². The number of amides is 2. The lowest BCUT2D eigenvalue weighted by molar-refractivity contribution is -0.126. The maximum atomic E-state index is 13.5. The molecule has 1 aromatic heterocycles. The average molecular weight is 477 g/mol. The number of nitrogens with zero attached hydrogens (tertiary/aromatic N) is 4. The van der Waals surface area contributed by atoms with Crippen molar-refractivity contribution in [1.82, 2.24) is 9.80 Å². The highest BCUT2D eigenvalue weighted by Crippen LogP contribution is 2.30. The van der Waals surface area contributed by atoms with Gasteiger partial charge in [-0.1, -0.05) is 24.3 Å². The van der Waals surface area contributed by atoms with E-state index in [4.69, 9.17) is 4.42 Å². The molecular weight excluding hydrogens is 444 g/mol. The molecule has 3 heterocycles. The van der Waals surface area contributed by atoms with Gasteiger partial charge in [0.25, 0.3) is 11.8 Å². The van der Waals surface area contributed by atoms with Crippen LogP contribution in [0.5, 0.6) is 0 Å². The molecule has 8 heteroatoms. The third-order valence-electron chi connectivity index (χ3n) is 7.21. The van der Waals surface area contributed by atoms with Crippen LogP contribution in [0.2, 0.25) is 0 Å². The van der Waals surface area contributed by atoms with E-state index in [1.54, 1.807) is 28.9 Å². The number of aryl methyl sites for hydroxylation is 1. The van der Waals surface area contributed by atoms with Crippen LogP contribution >= 0.6 is 0 Å². The molecule has 1 N–H and O–H groups in total. The quantitative estimate of drug-likeness (QED) is 0.725. The topological polar surface area (TPSA) is 98.7 Å². The number of hydrogen-bond acceptors (Lipinski definition) is 6. The Kier molecular flexibility index (Phi) is 6.56. The van der Waals surface area contributed by atoms with Gasteiger partial charge in [-0.15, -0.1) is 0 Å². The van der Waals surface area contributed by atoms with Gasteiger partial charge in [0.2, 0.25) is 5.84 Å². The summed E-state index contributed by atoms with van der Waals surface area (Å²) in [6.07, 6.45) is 14.6. The van der Waals surface area contributed by atoms with E-state index >= 15 is 0 Å². The minimum Gasteiger partial charge on any atom is -0.461 e. The molecule has 2 amide bonds. The second kappa shape index (κ2) is 9.77. The molecule has 1 fully saturated rings. The molecule has 0 aromatic carbocycles. The van der Waals surface area contributed by atoms with Crippen molar-refractivity contribution in [2.75, 3.05) is 26.2 Å². The Labute approximate surface area is 205 Å². The minimum absolute atomic E-state index is 0.115. The highest BCUT2D eigenvalue weighted by Gasteiger charge is 2.35. The van der Waals surface area contributed by atoms with Gasteiger partial charge >= 0.3 is 0 Å². The third kappa shape index (κ3) is 4.67. The van der Waals surface area contributed by atoms with Crippen molar-refractivity contribution in [3.8, 4) is 0 Å². The lowest BCUT2D eigenvalue weighted by Gasteiger charge is -2.39. The first kappa shape index (κ1) is 23.5. The highest BCUT2D eigenvalue weighted by molar-refractivity contribution is 6.39. The van der Waals surface area contributed by atoms with Crippen molar-refractivity contribution < 1.29 is 19.1 Å². The molecule has 4 aliphatic rings. The summed E-state index contributed by atoms with van der Waals surface area (Å²) in [4.78, 5) is 39.2. The first-order valence-corrected chi connectivity index (χ1v) is 12.5. The van der Waals surface area contributed by atoms with Crippen molar-refractivity contribution in [1.29, 1.82) is 0 Å². The minimum atomic E-state index is -0.621. The van der Waals surface area contributed by atoms with Crippen LogP contribution in [0.1, 0.15) is 53.6 Å². The number of furan rings is 1. The van der Waals surface area contributed by atoms with Gasteiger partial charge < -0.3 is 19.3 Å².